The summed E-state index contributed by atoms with van der Waals surface area (Å²) in [6, 6.07) is 12.5. The zero-order chi connectivity index (χ0) is 23.4. The Bertz CT molecular complexity index is 1240. The number of hydrogen-bond acceptors (Lipinski definition) is 5. The molecule has 0 bridgehead atoms. The molecule has 0 atom stereocenters. The molecular weight excluding hydrogens is 420 g/mol. The van der Waals surface area contributed by atoms with Gasteiger partial charge in [0.25, 0.3) is 5.91 Å². The molecule has 0 unspecified atom stereocenters. The van der Waals surface area contributed by atoms with Crippen molar-refractivity contribution < 1.29 is 18.7 Å². The number of nitrogens with one attached hydrogen (secondary N) is 2. The van der Waals surface area contributed by atoms with Crippen LogP contribution in [-0.4, -0.2) is 25.0 Å². The van der Waals surface area contributed by atoms with Crippen molar-refractivity contribution in [1.82, 2.24) is 5.32 Å². The molecule has 1 fully saturated rings. The Hall–Kier alpha value is -3.61. The van der Waals surface area contributed by atoms with Gasteiger partial charge in [0, 0.05) is 29.5 Å². The standard InChI is InChI=1S/C26H28N2O5/c1-16-19-12-11-18(32-2)15-23(19)33-26(31)20(16)13-14-24(29)28-22-10-6-5-9-21(22)25(30)27-17-7-3-4-8-17/h5-6,9-12,15,17H,3-4,7-8,13-14H2,1-2H3,(H,27,30)(H,28,29). The van der Waals surface area contributed by atoms with Crippen molar-refractivity contribution >= 4 is 28.5 Å². The smallest absolute Gasteiger partial charge is 0.339 e. The first kappa shape index (κ1) is 22.6. The number of anilines is 1. The Kier molecular flexibility index (Phi) is 6.77. The first-order valence-electron chi connectivity index (χ1n) is 11.3. The molecule has 1 aliphatic carbocycles. The van der Waals surface area contributed by atoms with Gasteiger partial charge >= 0.3 is 5.63 Å². The molecule has 2 amide bonds. The van der Waals surface area contributed by atoms with Crippen LogP contribution in [0.3, 0.4) is 0 Å². The van der Waals surface area contributed by atoms with E-state index in [0.29, 0.717) is 28.1 Å². The maximum atomic E-state index is 12.7. The summed E-state index contributed by atoms with van der Waals surface area (Å²) in [5.74, 6) is 0.150. The van der Waals surface area contributed by atoms with Crippen LogP contribution in [0, 0.1) is 6.92 Å². The van der Waals surface area contributed by atoms with E-state index in [0.717, 1.165) is 36.6 Å². The lowest BCUT2D eigenvalue weighted by Gasteiger charge is -2.15. The van der Waals surface area contributed by atoms with Gasteiger partial charge < -0.3 is 19.8 Å². The molecule has 2 N–H and O–H groups in total. The molecule has 1 aromatic heterocycles. The molecule has 0 saturated heterocycles. The van der Waals surface area contributed by atoms with E-state index in [1.807, 2.05) is 13.0 Å². The molecule has 4 rings (SSSR count). The molecule has 3 aromatic rings. The zero-order valence-corrected chi connectivity index (χ0v) is 18.9. The third-order valence-corrected chi connectivity index (χ3v) is 6.23. The number of hydrogen-bond donors (Lipinski definition) is 2. The molecule has 1 heterocycles. The first-order chi connectivity index (χ1) is 16.0. The Balaban J connectivity index is 1.45. The van der Waals surface area contributed by atoms with Crippen molar-refractivity contribution in [3.63, 3.8) is 0 Å². The third kappa shape index (κ3) is 5.08. The second-order valence-corrected chi connectivity index (χ2v) is 8.40. The van der Waals surface area contributed by atoms with Gasteiger partial charge in [-0.3, -0.25) is 9.59 Å². The monoisotopic (exact) mass is 448 g/mol. The summed E-state index contributed by atoms with van der Waals surface area (Å²) in [5.41, 5.74) is 2.15. The van der Waals surface area contributed by atoms with E-state index in [1.54, 1.807) is 43.5 Å². The summed E-state index contributed by atoms with van der Waals surface area (Å²) in [5, 5.41) is 6.69. The van der Waals surface area contributed by atoms with Gasteiger partial charge in [0.05, 0.1) is 18.4 Å². The van der Waals surface area contributed by atoms with Crippen molar-refractivity contribution in [2.75, 3.05) is 12.4 Å². The number of carbonyl (C=O) groups is 2. The molecule has 0 aliphatic heterocycles. The van der Waals surface area contributed by atoms with Crippen molar-refractivity contribution in [1.29, 1.82) is 0 Å². The van der Waals surface area contributed by atoms with Gasteiger partial charge in [-0.25, -0.2) is 4.79 Å². The summed E-state index contributed by atoms with van der Waals surface area (Å²) >= 11 is 0. The Morgan fingerprint density at radius 3 is 2.64 bits per heavy atom. The number of methoxy groups -OCH3 is 1. The van der Waals surface area contributed by atoms with Crippen LogP contribution in [0.15, 0.2) is 51.7 Å². The fourth-order valence-electron chi connectivity index (χ4n) is 4.37. The summed E-state index contributed by atoms with van der Waals surface area (Å²) in [4.78, 5) is 37.9. The molecule has 0 radical (unpaired) electrons. The van der Waals surface area contributed by atoms with E-state index in [2.05, 4.69) is 10.6 Å². The van der Waals surface area contributed by atoms with Crippen molar-refractivity contribution in [2.24, 2.45) is 0 Å². The summed E-state index contributed by atoms with van der Waals surface area (Å²) in [6.07, 6.45) is 4.55. The number of fused-ring (bicyclic) bond motifs is 1. The van der Waals surface area contributed by atoms with E-state index in [1.165, 1.54) is 0 Å². The Morgan fingerprint density at radius 2 is 1.88 bits per heavy atom. The highest BCUT2D eigenvalue weighted by Gasteiger charge is 2.20. The molecular formula is C26H28N2O5. The third-order valence-electron chi connectivity index (χ3n) is 6.23. The van der Waals surface area contributed by atoms with Crippen LogP contribution in [0.25, 0.3) is 11.0 Å². The van der Waals surface area contributed by atoms with Gasteiger partial charge in [0.2, 0.25) is 5.91 Å². The van der Waals surface area contributed by atoms with E-state index >= 15 is 0 Å². The van der Waals surface area contributed by atoms with Crippen LogP contribution in [0.2, 0.25) is 0 Å². The van der Waals surface area contributed by atoms with Crippen molar-refractivity contribution in [3.05, 3.63) is 69.6 Å². The minimum absolute atomic E-state index is 0.0891. The summed E-state index contributed by atoms with van der Waals surface area (Å²) in [6.45, 7) is 1.85. The Labute approximate surface area is 192 Å². The normalized spacial score (nSPS) is 13.8. The highest BCUT2D eigenvalue weighted by Crippen LogP contribution is 2.25. The second-order valence-electron chi connectivity index (χ2n) is 8.40. The fraction of sp³-hybridized carbons (Fsp3) is 0.346. The molecule has 0 spiro atoms. The SMILES string of the molecule is COc1ccc2c(C)c(CCC(=O)Nc3ccccc3C(=O)NC3CCCC3)c(=O)oc2c1. The largest absolute Gasteiger partial charge is 0.497 e. The number of benzene rings is 2. The first-order valence-corrected chi connectivity index (χ1v) is 11.3. The number of rotatable bonds is 7. The molecule has 1 aliphatic rings. The molecule has 1 saturated carbocycles. The maximum Gasteiger partial charge on any atom is 0.339 e. The van der Waals surface area contributed by atoms with Gasteiger partial charge in [-0.1, -0.05) is 25.0 Å². The lowest BCUT2D eigenvalue weighted by atomic mass is 10.0. The Morgan fingerprint density at radius 1 is 1.12 bits per heavy atom. The predicted molar refractivity (Wildman–Crippen MR) is 127 cm³/mol. The molecule has 7 nitrogen and oxygen atoms in total. The zero-order valence-electron chi connectivity index (χ0n) is 18.9. The van der Waals surface area contributed by atoms with Crippen LogP contribution in [-0.2, 0) is 11.2 Å². The van der Waals surface area contributed by atoms with Crippen LogP contribution in [0.5, 0.6) is 5.75 Å². The van der Waals surface area contributed by atoms with Gasteiger partial charge in [-0.15, -0.1) is 0 Å². The van der Waals surface area contributed by atoms with Crippen molar-refractivity contribution in [2.45, 2.75) is 51.5 Å². The van der Waals surface area contributed by atoms with Gasteiger partial charge in [-0.2, -0.15) is 0 Å². The summed E-state index contributed by atoms with van der Waals surface area (Å²) < 4.78 is 10.6. The highest BCUT2D eigenvalue weighted by molar-refractivity contribution is 6.03. The molecule has 7 heteroatoms. The van der Waals surface area contributed by atoms with E-state index in [9.17, 15) is 14.4 Å². The quantitative estimate of drug-likeness (QED) is 0.524. The number of aryl methyl sites for hydroxylation is 1. The van der Waals surface area contributed by atoms with Crippen molar-refractivity contribution in [3.8, 4) is 5.75 Å². The number of carbonyl (C=O) groups excluding carboxylic acids is 2. The lowest BCUT2D eigenvalue weighted by molar-refractivity contribution is -0.116. The average Bonchev–Trinajstić information content (AvgIpc) is 3.31. The number of amides is 2. The van der Waals surface area contributed by atoms with Crippen LogP contribution in [0.1, 0.15) is 53.6 Å². The number of ether oxygens (including phenoxy) is 1. The summed E-state index contributed by atoms with van der Waals surface area (Å²) in [7, 11) is 1.55. The minimum Gasteiger partial charge on any atom is -0.497 e. The maximum absolute atomic E-state index is 12.7. The van der Waals surface area contributed by atoms with Gasteiger partial charge in [0.15, 0.2) is 0 Å². The lowest BCUT2D eigenvalue weighted by Crippen LogP contribution is -2.33. The molecule has 2 aromatic carbocycles. The fourth-order valence-corrected chi connectivity index (χ4v) is 4.37. The van der Waals surface area contributed by atoms with Crippen LogP contribution >= 0.6 is 0 Å². The molecule has 172 valence electrons. The van der Waals surface area contributed by atoms with E-state index in [4.69, 9.17) is 9.15 Å². The highest BCUT2D eigenvalue weighted by atomic mass is 16.5. The van der Waals surface area contributed by atoms with Crippen LogP contribution in [0.4, 0.5) is 5.69 Å². The van der Waals surface area contributed by atoms with Gasteiger partial charge in [-0.05, 0) is 56.0 Å². The van der Waals surface area contributed by atoms with Gasteiger partial charge in [0.1, 0.15) is 11.3 Å². The minimum atomic E-state index is -0.461. The van der Waals surface area contributed by atoms with E-state index < -0.39 is 5.63 Å². The average molecular weight is 449 g/mol. The number of para-hydroxylation sites is 1. The molecule has 33 heavy (non-hydrogen) atoms. The topological polar surface area (TPSA) is 97.6 Å². The second kappa shape index (κ2) is 9.90. The van der Waals surface area contributed by atoms with E-state index in [-0.39, 0.29) is 30.7 Å². The van der Waals surface area contributed by atoms with Crippen LogP contribution < -0.4 is 21.0 Å². The predicted octanol–water partition coefficient (Wildman–Crippen LogP) is 4.35.